The second-order valence-corrected chi connectivity index (χ2v) is 7.77. The number of likely N-dealkylation sites (N-methyl/N-ethyl adjacent to an activating group) is 1. The first kappa shape index (κ1) is 13.8. The van der Waals surface area contributed by atoms with Crippen LogP contribution in [0, 0.1) is 5.92 Å². The van der Waals surface area contributed by atoms with Gasteiger partial charge in [0, 0.05) is 26.1 Å². The van der Waals surface area contributed by atoms with Gasteiger partial charge in [0.15, 0.2) is 9.84 Å². The number of sulfone groups is 1. The van der Waals surface area contributed by atoms with Crippen molar-refractivity contribution in [1.82, 2.24) is 10.2 Å². The smallest absolute Gasteiger partial charge is 0.222 e. The van der Waals surface area contributed by atoms with Crippen molar-refractivity contribution in [2.24, 2.45) is 5.92 Å². The maximum atomic E-state index is 12.0. The van der Waals surface area contributed by atoms with E-state index in [4.69, 9.17) is 0 Å². The molecule has 0 bridgehead atoms. The van der Waals surface area contributed by atoms with Gasteiger partial charge < -0.3 is 10.2 Å². The number of rotatable bonds is 4. The van der Waals surface area contributed by atoms with Crippen LogP contribution in [-0.2, 0) is 14.6 Å². The predicted octanol–water partition coefficient (Wildman–Crippen LogP) is 0.0216. The third-order valence-corrected chi connectivity index (χ3v) is 5.71. The minimum Gasteiger partial charge on any atom is -0.344 e. The molecule has 2 aliphatic heterocycles. The number of carbonyl (C=O) groups excluding carboxylic acids is 1. The van der Waals surface area contributed by atoms with Gasteiger partial charge in [-0.15, -0.1) is 0 Å². The van der Waals surface area contributed by atoms with E-state index in [2.05, 4.69) is 5.32 Å². The summed E-state index contributed by atoms with van der Waals surface area (Å²) in [5.74, 6) is 0.542. The summed E-state index contributed by atoms with van der Waals surface area (Å²) in [7, 11) is -1.06. The van der Waals surface area contributed by atoms with Crippen molar-refractivity contribution in [2.75, 3.05) is 31.6 Å². The van der Waals surface area contributed by atoms with Crippen LogP contribution >= 0.6 is 0 Å². The second-order valence-electron chi connectivity index (χ2n) is 5.54. The fraction of sp³-hybridized carbons (Fsp3) is 0.917. The summed E-state index contributed by atoms with van der Waals surface area (Å²) in [6.45, 7) is 1.77. The molecule has 2 unspecified atom stereocenters. The molecule has 2 fully saturated rings. The summed E-state index contributed by atoms with van der Waals surface area (Å²) >= 11 is 0. The van der Waals surface area contributed by atoms with E-state index in [0.717, 1.165) is 19.5 Å². The fourth-order valence-electron chi connectivity index (χ4n) is 2.78. The Morgan fingerprint density at radius 3 is 2.72 bits per heavy atom. The van der Waals surface area contributed by atoms with Crippen molar-refractivity contribution in [3.63, 3.8) is 0 Å². The van der Waals surface area contributed by atoms with Crippen molar-refractivity contribution in [2.45, 2.75) is 31.7 Å². The molecule has 6 heteroatoms. The van der Waals surface area contributed by atoms with Gasteiger partial charge in [-0.2, -0.15) is 0 Å². The van der Waals surface area contributed by atoms with E-state index in [-0.39, 0.29) is 23.3 Å². The van der Waals surface area contributed by atoms with Gasteiger partial charge in [0.05, 0.1) is 11.5 Å². The van der Waals surface area contributed by atoms with E-state index in [1.165, 1.54) is 6.42 Å². The fourth-order valence-corrected chi connectivity index (χ4v) is 4.64. The van der Waals surface area contributed by atoms with E-state index < -0.39 is 9.84 Å². The molecule has 1 amide bonds. The highest BCUT2D eigenvalue weighted by Gasteiger charge is 2.30. The molecule has 2 saturated heterocycles. The van der Waals surface area contributed by atoms with Crippen molar-refractivity contribution >= 4 is 15.7 Å². The van der Waals surface area contributed by atoms with Crippen molar-refractivity contribution in [3.8, 4) is 0 Å². The largest absolute Gasteiger partial charge is 0.344 e. The second kappa shape index (κ2) is 5.57. The summed E-state index contributed by atoms with van der Waals surface area (Å²) in [6.07, 6.45) is 3.31. The zero-order valence-electron chi connectivity index (χ0n) is 10.9. The van der Waals surface area contributed by atoms with Gasteiger partial charge in [0.1, 0.15) is 0 Å². The van der Waals surface area contributed by atoms with Crippen molar-refractivity contribution < 1.29 is 13.2 Å². The molecular formula is C12H22N2O3S. The van der Waals surface area contributed by atoms with E-state index in [1.807, 2.05) is 7.05 Å². The van der Waals surface area contributed by atoms with Crippen LogP contribution in [0.25, 0.3) is 0 Å². The molecule has 2 aliphatic rings. The summed E-state index contributed by atoms with van der Waals surface area (Å²) in [5, 5.41) is 3.36. The number of hydrogen-bond donors (Lipinski definition) is 1. The van der Waals surface area contributed by atoms with Crippen LogP contribution in [0.4, 0.5) is 0 Å². The highest BCUT2D eigenvalue weighted by atomic mass is 32.2. The third-order valence-electron chi connectivity index (χ3n) is 3.87. The van der Waals surface area contributed by atoms with E-state index in [9.17, 15) is 13.2 Å². The van der Waals surface area contributed by atoms with Crippen LogP contribution in [0.1, 0.15) is 25.7 Å². The van der Waals surface area contributed by atoms with E-state index in [0.29, 0.717) is 18.9 Å². The molecule has 0 radical (unpaired) electrons. The molecule has 0 spiro atoms. The van der Waals surface area contributed by atoms with Crippen molar-refractivity contribution in [1.29, 1.82) is 0 Å². The Morgan fingerprint density at radius 2 is 2.17 bits per heavy atom. The summed E-state index contributed by atoms with van der Waals surface area (Å²) in [6, 6.07) is 0.409. The quantitative estimate of drug-likeness (QED) is 0.785. The van der Waals surface area contributed by atoms with Crippen LogP contribution in [0.2, 0.25) is 0 Å². The minimum atomic E-state index is -2.87. The average Bonchev–Trinajstić information content (AvgIpc) is 2.88. The molecule has 0 aromatic carbocycles. The number of carbonyl (C=O) groups is 1. The zero-order valence-corrected chi connectivity index (χ0v) is 11.7. The van der Waals surface area contributed by atoms with Gasteiger partial charge in [-0.1, -0.05) is 0 Å². The van der Waals surface area contributed by atoms with E-state index in [1.54, 1.807) is 4.90 Å². The third kappa shape index (κ3) is 3.68. The van der Waals surface area contributed by atoms with Crippen LogP contribution < -0.4 is 5.32 Å². The van der Waals surface area contributed by atoms with Gasteiger partial charge in [-0.05, 0) is 31.7 Å². The van der Waals surface area contributed by atoms with Crippen LogP contribution in [0.3, 0.4) is 0 Å². The van der Waals surface area contributed by atoms with E-state index >= 15 is 0 Å². The molecule has 1 N–H and O–H groups in total. The Kier molecular flexibility index (Phi) is 4.27. The summed E-state index contributed by atoms with van der Waals surface area (Å²) < 4.78 is 22.7. The first-order valence-electron chi connectivity index (χ1n) is 6.64. The average molecular weight is 274 g/mol. The van der Waals surface area contributed by atoms with Gasteiger partial charge in [-0.3, -0.25) is 4.79 Å². The Hall–Kier alpha value is -0.620. The van der Waals surface area contributed by atoms with Gasteiger partial charge in [0.2, 0.25) is 5.91 Å². The molecule has 104 valence electrons. The normalized spacial score (nSPS) is 30.5. The lowest BCUT2D eigenvalue weighted by Gasteiger charge is -2.22. The van der Waals surface area contributed by atoms with Crippen LogP contribution in [0.15, 0.2) is 0 Å². The van der Waals surface area contributed by atoms with Crippen molar-refractivity contribution in [3.05, 3.63) is 0 Å². The Balaban J connectivity index is 1.77. The summed E-state index contributed by atoms with van der Waals surface area (Å²) in [4.78, 5) is 13.7. The number of amides is 1. The molecule has 2 rings (SSSR count). The Morgan fingerprint density at radius 1 is 1.39 bits per heavy atom. The minimum absolute atomic E-state index is 0.0292. The lowest BCUT2D eigenvalue weighted by Crippen LogP contribution is -2.39. The maximum Gasteiger partial charge on any atom is 0.222 e. The molecule has 2 atom stereocenters. The first-order chi connectivity index (χ1) is 8.46. The zero-order chi connectivity index (χ0) is 13.2. The molecule has 0 saturated carbocycles. The Labute approximate surface area is 109 Å². The highest BCUT2D eigenvalue weighted by Crippen LogP contribution is 2.22. The first-order valence-corrected chi connectivity index (χ1v) is 8.46. The van der Waals surface area contributed by atoms with Gasteiger partial charge >= 0.3 is 0 Å². The summed E-state index contributed by atoms with van der Waals surface area (Å²) in [5.41, 5.74) is 0. The van der Waals surface area contributed by atoms with Crippen LogP contribution in [-0.4, -0.2) is 56.9 Å². The van der Waals surface area contributed by atoms with Gasteiger partial charge in [0.25, 0.3) is 0 Å². The molecular weight excluding hydrogens is 252 g/mol. The number of nitrogens with one attached hydrogen (secondary N) is 1. The molecule has 5 nitrogen and oxygen atoms in total. The molecule has 0 aromatic heterocycles. The molecule has 18 heavy (non-hydrogen) atoms. The predicted molar refractivity (Wildman–Crippen MR) is 70.0 cm³/mol. The monoisotopic (exact) mass is 274 g/mol. The lowest BCUT2D eigenvalue weighted by atomic mass is 10.0. The SMILES string of the molecule is CN(CC1CCCN1)C(=O)CC1CCS(=O)(=O)C1. The Bertz CT molecular complexity index is 402. The topological polar surface area (TPSA) is 66.5 Å². The van der Waals surface area contributed by atoms with Gasteiger partial charge in [-0.25, -0.2) is 8.42 Å². The van der Waals surface area contributed by atoms with Crippen LogP contribution in [0.5, 0.6) is 0 Å². The maximum absolute atomic E-state index is 12.0. The lowest BCUT2D eigenvalue weighted by molar-refractivity contribution is -0.131. The number of nitrogens with zero attached hydrogens (tertiary/aromatic N) is 1. The number of hydrogen-bond acceptors (Lipinski definition) is 4. The molecule has 2 heterocycles. The molecule has 0 aliphatic carbocycles. The highest BCUT2D eigenvalue weighted by molar-refractivity contribution is 7.91. The standard InChI is InChI=1S/C12H22N2O3S/c1-14(8-11-3-2-5-13-11)12(15)7-10-4-6-18(16,17)9-10/h10-11,13H,2-9H2,1H3. The molecule has 0 aromatic rings.